The molecule has 0 saturated carbocycles. The second-order valence-electron chi connectivity index (χ2n) is 5.70. The lowest BCUT2D eigenvalue weighted by Crippen LogP contribution is -2.47. The minimum absolute atomic E-state index is 0.0351. The van der Waals surface area contributed by atoms with Gasteiger partial charge in [0.05, 0.1) is 6.61 Å². The average Bonchev–Trinajstić information content (AvgIpc) is 2.52. The Kier molecular flexibility index (Phi) is 6.14. The number of carbonyl (C=O) groups is 1. The van der Waals surface area contributed by atoms with Crippen molar-refractivity contribution in [3.63, 3.8) is 0 Å². The molecule has 0 bridgehead atoms. The standard InChI is InChI=1S/C16H25N3O2/c1-18-10-6-15(7-11-18)19(12-13-20)16(21)3-2-14-4-8-17-9-5-14/h4-5,8-9,15,20H,2-3,6-7,10-13H2,1H3. The highest BCUT2D eigenvalue weighted by atomic mass is 16.3. The highest BCUT2D eigenvalue weighted by Crippen LogP contribution is 2.17. The van der Waals surface area contributed by atoms with Crippen LogP contribution >= 0.6 is 0 Å². The smallest absolute Gasteiger partial charge is 0.223 e. The third-order valence-electron chi connectivity index (χ3n) is 4.17. The van der Waals surface area contributed by atoms with E-state index in [0.717, 1.165) is 37.9 Å². The first-order chi connectivity index (χ1) is 10.2. The van der Waals surface area contributed by atoms with Crippen molar-refractivity contribution in [2.24, 2.45) is 0 Å². The van der Waals surface area contributed by atoms with Crippen molar-refractivity contribution in [2.45, 2.75) is 31.7 Å². The van der Waals surface area contributed by atoms with Crippen LogP contribution < -0.4 is 0 Å². The first-order valence-electron chi connectivity index (χ1n) is 7.68. The molecule has 1 aromatic rings. The lowest BCUT2D eigenvalue weighted by Gasteiger charge is -2.37. The van der Waals surface area contributed by atoms with Gasteiger partial charge in [-0.05, 0) is 57.1 Å². The van der Waals surface area contributed by atoms with Crippen molar-refractivity contribution < 1.29 is 9.90 Å². The molecule has 1 fully saturated rings. The van der Waals surface area contributed by atoms with E-state index in [1.807, 2.05) is 17.0 Å². The number of aryl methyl sites for hydroxylation is 1. The quantitative estimate of drug-likeness (QED) is 0.847. The van der Waals surface area contributed by atoms with Crippen LogP contribution in [-0.2, 0) is 11.2 Å². The first-order valence-corrected chi connectivity index (χ1v) is 7.68. The fraction of sp³-hybridized carbons (Fsp3) is 0.625. The summed E-state index contributed by atoms with van der Waals surface area (Å²) >= 11 is 0. The lowest BCUT2D eigenvalue weighted by atomic mass is 10.0. The highest BCUT2D eigenvalue weighted by molar-refractivity contribution is 5.76. The predicted octanol–water partition coefficient (Wildman–Crippen LogP) is 0.929. The molecule has 1 amide bonds. The van der Waals surface area contributed by atoms with Crippen molar-refractivity contribution in [3.05, 3.63) is 30.1 Å². The Morgan fingerprint density at radius 3 is 2.67 bits per heavy atom. The second kappa shape index (κ2) is 8.10. The third-order valence-corrected chi connectivity index (χ3v) is 4.17. The molecule has 5 heteroatoms. The van der Waals surface area contributed by atoms with E-state index in [1.165, 1.54) is 0 Å². The van der Waals surface area contributed by atoms with Gasteiger partial charge >= 0.3 is 0 Å². The number of aromatic nitrogens is 1. The monoisotopic (exact) mass is 291 g/mol. The molecule has 1 aliphatic rings. The number of piperidine rings is 1. The van der Waals surface area contributed by atoms with E-state index in [1.54, 1.807) is 12.4 Å². The summed E-state index contributed by atoms with van der Waals surface area (Å²) in [7, 11) is 2.11. The zero-order valence-electron chi connectivity index (χ0n) is 12.7. The molecule has 1 saturated heterocycles. The average molecular weight is 291 g/mol. The Labute approximate surface area is 126 Å². The number of carbonyl (C=O) groups excluding carboxylic acids is 1. The van der Waals surface area contributed by atoms with Crippen molar-refractivity contribution in [1.29, 1.82) is 0 Å². The van der Waals surface area contributed by atoms with Gasteiger partial charge in [-0.15, -0.1) is 0 Å². The van der Waals surface area contributed by atoms with E-state index in [9.17, 15) is 9.90 Å². The van der Waals surface area contributed by atoms with E-state index < -0.39 is 0 Å². The zero-order chi connectivity index (χ0) is 15.1. The number of pyridine rings is 1. The van der Waals surface area contributed by atoms with Gasteiger partial charge in [0.2, 0.25) is 5.91 Å². The molecule has 116 valence electrons. The number of hydrogen-bond acceptors (Lipinski definition) is 4. The molecule has 2 rings (SSSR count). The predicted molar refractivity (Wildman–Crippen MR) is 81.9 cm³/mol. The lowest BCUT2D eigenvalue weighted by molar-refractivity contribution is -0.135. The first kappa shape index (κ1) is 15.9. The summed E-state index contributed by atoms with van der Waals surface area (Å²) in [5, 5.41) is 9.24. The van der Waals surface area contributed by atoms with Gasteiger partial charge in [-0.1, -0.05) is 0 Å². The van der Waals surface area contributed by atoms with Crippen molar-refractivity contribution in [1.82, 2.24) is 14.8 Å². The van der Waals surface area contributed by atoms with Crippen LogP contribution in [0.4, 0.5) is 0 Å². The summed E-state index contributed by atoms with van der Waals surface area (Å²) in [6, 6.07) is 4.16. The molecule has 0 aliphatic carbocycles. The van der Waals surface area contributed by atoms with Crippen LogP contribution in [0.2, 0.25) is 0 Å². The van der Waals surface area contributed by atoms with Crippen molar-refractivity contribution >= 4 is 5.91 Å². The number of rotatable bonds is 6. The maximum Gasteiger partial charge on any atom is 0.223 e. The topological polar surface area (TPSA) is 56.7 Å². The van der Waals surface area contributed by atoms with Crippen LogP contribution in [0, 0.1) is 0 Å². The fourth-order valence-corrected chi connectivity index (χ4v) is 2.87. The molecule has 0 radical (unpaired) electrons. The van der Waals surface area contributed by atoms with Crippen molar-refractivity contribution in [2.75, 3.05) is 33.3 Å². The Hall–Kier alpha value is -1.46. The van der Waals surface area contributed by atoms with Gasteiger partial charge in [0.1, 0.15) is 0 Å². The van der Waals surface area contributed by atoms with Crippen LogP contribution in [-0.4, -0.2) is 65.1 Å². The maximum atomic E-state index is 12.5. The summed E-state index contributed by atoms with van der Waals surface area (Å²) < 4.78 is 0. The molecule has 0 aromatic carbocycles. The van der Waals surface area contributed by atoms with Gasteiger partial charge in [0.25, 0.3) is 0 Å². The number of aliphatic hydroxyl groups excluding tert-OH is 1. The largest absolute Gasteiger partial charge is 0.395 e. The second-order valence-corrected chi connectivity index (χ2v) is 5.70. The Bertz CT molecular complexity index is 430. The molecule has 1 aromatic heterocycles. The number of amides is 1. The number of nitrogens with zero attached hydrogens (tertiary/aromatic N) is 3. The van der Waals surface area contributed by atoms with Crippen LogP contribution in [0.5, 0.6) is 0 Å². The van der Waals surface area contributed by atoms with Crippen LogP contribution in [0.25, 0.3) is 0 Å². The van der Waals surface area contributed by atoms with Gasteiger partial charge in [-0.3, -0.25) is 9.78 Å². The summed E-state index contributed by atoms with van der Waals surface area (Å²) in [6.45, 7) is 2.52. The van der Waals surface area contributed by atoms with E-state index in [4.69, 9.17) is 0 Å². The van der Waals surface area contributed by atoms with Crippen LogP contribution in [0.15, 0.2) is 24.5 Å². The van der Waals surface area contributed by atoms with Crippen molar-refractivity contribution in [3.8, 4) is 0 Å². The fourth-order valence-electron chi connectivity index (χ4n) is 2.87. The van der Waals surface area contributed by atoms with Gasteiger partial charge in [-0.2, -0.15) is 0 Å². The normalized spacial score (nSPS) is 16.9. The summed E-state index contributed by atoms with van der Waals surface area (Å²) in [6.07, 6.45) is 6.73. The molecule has 1 N–H and O–H groups in total. The maximum absolute atomic E-state index is 12.5. The summed E-state index contributed by atoms with van der Waals surface area (Å²) in [5.74, 6) is 0.149. The molecular weight excluding hydrogens is 266 g/mol. The number of aliphatic hydroxyl groups is 1. The van der Waals surface area contributed by atoms with E-state index in [-0.39, 0.29) is 18.6 Å². The number of hydrogen-bond donors (Lipinski definition) is 1. The van der Waals surface area contributed by atoms with E-state index in [2.05, 4.69) is 16.9 Å². The summed E-state index contributed by atoms with van der Waals surface area (Å²) in [5.41, 5.74) is 1.13. The Morgan fingerprint density at radius 1 is 1.38 bits per heavy atom. The highest BCUT2D eigenvalue weighted by Gasteiger charge is 2.26. The molecule has 0 unspecified atom stereocenters. The van der Waals surface area contributed by atoms with Gasteiger partial charge in [-0.25, -0.2) is 0 Å². The zero-order valence-corrected chi connectivity index (χ0v) is 12.7. The van der Waals surface area contributed by atoms with Gasteiger partial charge in [0.15, 0.2) is 0 Å². The SMILES string of the molecule is CN1CCC(N(CCO)C(=O)CCc2ccncc2)CC1. The third kappa shape index (κ3) is 4.79. The molecule has 0 atom stereocenters. The van der Waals surface area contributed by atoms with Crippen LogP contribution in [0.1, 0.15) is 24.8 Å². The van der Waals surface area contributed by atoms with E-state index in [0.29, 0.717) is 13.0 Å². The molecule has 21 heavy (non-hydrogen) atoms. The molecule has 0 spiro atoms. The molecular formula is C16H25N3O2. The molecule has 1 aliphatic heterocycles. The number of likely N-dealkylation sites (tertiary alicyclic amines) is 1. The Morgan fingerprint density at radius 2 is 2.05 bits per heavy atom. The van der Waals surface area contributed by atoms with Gasteiger partial charge < -0.3 is 14.9 Å². The molecule has 2 heterocycles. The Balaban J connectivity index is 1.89. The molecule has 5 nitrogen and oxygen atoms in total. The minimum atomic E-state index is 0.0351. The van der Waals surface area contributed by atoms with E-state index >= 15 is 0 Å². The summed E-state index contributed by atoms with van der Waals surface area (Å²) in [4.78, 5) is 20.6. The van der Waals surface area contributed by atoms with Crippen LogP contribution in [0.3, 0.4) is 0 Å². The minimum Gasteiger partial charge on any atom is -0.395 e. The van der Waals surface area contributed by atoms with Gasteiger partial charge in [0, 0.05) is 31.4 Å².